The standard InChI is InChI=1S/C10H17N3O4S/c1-7-9(8(2)13-12-7)18(15,16)11-5-10(14)3-4-17-6-10/h11,14H,3-6H2,1-2H3,(H,12,13). The summed E-state index contributed by atoms with van der Waals surface area (Å²) in [7, 11) is -3.66. The predicted molar refractivity (Wildman–Crippen MR) is 63.6 cm³/mol. The third kappa shape index (κ3) is 2.56. The van der Waals surface area contributed by atoms with Crippen LogP contribution >= 0.6 is 0 Å². The molecular formula is C10H17N3O4S. The van der Waals surface area contributed by atoms with Crippen molar-refractivity contribution < 1.29 is 18.3 Å². The second kappa shape index (κ2) is 4.61. The summed E-state index contributed by atoms with van der Waals surface area (Å²) in [6.45, 7) is 3.80. The van der Waals surface area contributed by atoms with Crippen molar-refractivity contribution in [1.82, 2.24) is 14.9 Å². The Labute approximate surface area is 106 Å². The molecule has 1 aromatic rings. The number of nitrogens with one attached hydrogen (secondary N) is 2. The van der Waals surface area contributed by atoms with E-state index in [1.165, 1.54) is 0 Å². The zero-order valence-electron chi connectivity index (χ0n) is 10.4. The van der Waals surface area contributed by atoms with Crippen molar-refractivity contribution in [3.63, 3.8) is 0 Å². The number of hydrogen-bond donors (Lipinski definition) is 3. The molecule has 8 heteroatoms. The Morgan fingerprint density at radius 2 is 2.28 bits per heavy atom. The van der Waals surface area contributed by atoms with E-state index in [1.807, 2.05) is 0 Å². The molecule has 2 rings (SSSR count). The first-order valence-corrected chi connectivity index (χ1v) is 7.14. The molecule has 0 radical (unpaired) electrons. The van der Waals surface area contributed by atoms with Crippen molar-refractivity contribution in [2.24, 2.45) is 0 Å². The number of aliphatic hydroxyl groups is 1. The molecule has 0 aliphatic carbocycles. The number of rotatable bonds is 4. The van der Waals surface area contributed by atoms with Crippen LogP contribution < -0.4 is 4.72 Å². The van der Waals surface area contributed by atoms with Crippen molar-refractivity contribution in [2.75, 3.05) is 19.8 Å². The van der Waals surface area contributed by atoms with Crippen molar-refractivity contribution in [2.45, 2.75) is 30.8 Å². The van der Waals surface area contributed by atoms with Crippen molar-refractivity contribution in [3.05, 3.63) is 11.4 Å². The van der Waals surface area contributed by atoms with Gasteiger partial charge in [-0.3, -0.25) is 5.10 Å². The minimum Gasteiger partial charge on any atom is -0.386 e. The molecule has 3 N–H and O–H groups in total. The summed E-state index contributed by atoms with van der Waals surface area (Å²) in [5.41, 5.74) is -0.220. The van der Waals surface area contributed by atoms with Crippen LogP contribution in [0, 0.1) is 13.8 Å². The van der Waals surface area contributed by atoms with E-state index in [9.17, 15) is 13.5 Å². The van der Waals surface area contributed by atoms with Crippen LogP contribution in [-0.2, 0) is 14.8 Å². The predicted octanol–water partition coefficient (Wildman–Crippen LogP) is -0.544. The smallest absolute Gasteiger partial charge is 0.244 e. The van der Waals surface area contributed by atoms with Crippen LogP contribution in [-0.4, -0.2) is 49.1 Å². The van der Waals surface area contributed by atoms with E-state index < -0.39 is 15.6 Å². The molecule has 1 aliphatic rings. The van der Waals surface area contributed by atoms with E-state index >= 15 is 0 Å². The van der Waals surface area contributed by atoms with Gasteiger partial charge in [-0.25, -0.2) is 13.1 Å². The van der Waals surface area contributed by atoms with Gasteiger partial charge in [0.1, 0.15) is 10.5 Å². The van der Waals surface area contributed by atoms with Gasteiger partial charge >= 0.3 is 0 Å². The summed E-state index contributed by atoms with van der Waals surface area (Å²) in [4.78, 5) is 0.144. The molecule has 0 amide bonds. The second-order valence-electron chi connectivity index (χ2n) is 4.61. The van der Waals surface area contributed by atoms with E-state index in [1.54, 1.807) is 13.8 Å². The van der Waals surface area contributed by atoms with Crippen LogP contribution in [0.2, 0.25) is 0 Å². The maximum atomic E-state index is 12.1. The SMILES string of the molecule is Cc1n[nH]c(C)c1S(=O)(=O)NCC1(O)CCOC1. The Morgan fingerprint density at radius 1 is 1.56 bits per heavy atom. The Kier molecular flexibility index (Phi) is 3.45. The molecule has 18 heavy (non-hydrogen) atoms. The van der Waals surface area contributed by atoms with Gasteiger partial charge in [-0.1, -0.05) is 0 Å². The molecule has 0 aromatic carbocycles. The molecule has 1 aromatic heterocycles. The maximum Gasteiger partial charge on any atom is 0.244 e. The average molecular weight is 275 g/mol. The van der Waals surface area contributed by atoms with Gasteiger partial charge in [-0.05, 0) is 13.8 Å². The third-order valence-corrected chi connectivity index (χ3v) is 4.67. The number of sulfonamides is 1. The molecule has 1 saturated heterocycles. The largest absolute Gasteiger partial charge is 0.386 e. The molecular weight excluding hydrogens is 258 g/mol. The van der Waals surface area contributed by atoms with Gasteiger partial charge in [-0.2, -0.15) is 5.10 Å². The molecule has 2 heterocycles. The molecule has 7 nitrogen and oxygen atoms in total. The number of aromatic nitrogens is 2. The summed E-state index contributed by atoms with van der Waals surface area (Å²) in [5, 5.41) is 16.5. The van der Waals surface area contributed by atoms with Crippen LogP contribution in [0.1, 0.15) is 17.8 Å². The number of nitrogens with zero attached hydrogens (tertiary/aromatic N) is 1. The summed E-state index contributed by atoms with van der Waals surface area (Å²) in [5.74, 6) is 0. The highest BCUT2D eigenvalue weighted by atomic mass is 32.2. The lowest BCUT2D eigenvalue weighted by molar-refractivity contribution is 0.0314. The normalized spacial score (nSPS) is 24.6. The fourth-order valence-electron chi connectivity index (χ4n) is 1.97. The zero-order chi connectivity index (χ0) is 13.4. The van der Waals surface area contributed by atoms with Crippen molar-refractivity contribution >= 4 is 10.0 Å². The second-order valence-corrected chi connectivity index (χ2v) is 6.32. The molecule has 0 saturated carbocycles. The lowest BCUT2D eigenvalue weighted by Crippen LogP contribution is -2.43. The van der Waals surface area contributed by atoms with Crippen molar-refractivity contribution in [3.8, 4) is 0 Å². The molecule has 102 valence electrons. The fourth-order valence-corrected chi connectivity index (χ4v) is 3.46. The topological polar surface area (TPSA) is 104 Å². The molecule has 1 unspecified atom stereocenters. The van der Waals surface area contributed by atoms with Gasteiger partial charge in [0, 0.05) is 19.6 Å². The Bertz CT molecular complexity index is 512. The van der Waals surface area contributed by atoms with Crippen molar-refractivity contribution in [1.29, 1.82) is 0 Å². The maximum absolute atomic E-state index is 12.1. The quantitative estimate of drug-likeness (QED) is 0.684. The van der Waals surface area contributed by atoms with Crippen LogP contribution in [0.3, 0.4) is 0 Å². The van der Waals surface area contributed by atoms with Gasteiger partial charge in [0.15, 0.2) is 0 Å². The molecule has 1 fully saturated rings. The zero-order valence-corrected chi connectivity index (χ0v) is 11.2. The van der Waals surface area contributed by atoms with E-state index in [4.69, 9.17) is 4.74 Å². The van der Waals surface area contributed by atoms with Gasteiger partial charge in [-0.15, -0.1) is 0 Å². The summed E-state index contributed by atoms with van der Waals surface area (Å²) < 4.78 is 31.7. The number of ether oxygens (including phenoxy) is 1. The summed E-state index contributed by atoms with van der Waals surface area (Å²) >= 11 is 0. The average Bonchev–Trinajstić information content (AvgIpc) is 2.85. The highest BCUT2D eigenvalue weighted by Gasteiger charge is 2.34. The molecule has 1 aliphatic heterocycles. The number of aryl methyl sites for hydroxylation is 2. The first kappa shape index (κ1) is 13.5. The van der Waals surface area contributed by atoms with Gasteiger partial charge in [0.25, 0.3) is 0 Å². The number of H-pyrrole nitrogens is 1. The molecule has 0 spiro atoms. The lowest BCUT2D eigenvalue weighted by Gasteiger charge is -2.20. The summed E-state index contributed by atoms with van der Waals surface area (Å²) in [6, 6.07) is 0. The fraction of sp³-hybridized carbons (Fsp3) is 0.700. The highest BCUT2D eigenvalue weighted by molar-refractivity contribution is 7.89. The van der Waals surface area contributed by atoms with Crippen LogP contribution in [0.4, 0.5) is 0 Å². The van der Waals surface area contributed by atoms with Gasteiger partial charge in [0.05, 0.1) is 18.0 Å². The van der Waals surface area contributed by atoms with E-state index in [2.05, 4.69) is 14.9 Å². The van der Waals surface area contributed by atoms with Gasteiger partial charge < -0.3 is 9.84 Å². The Morgan fingerprint density at radius 3 is 2.78 bits per heavy atom. The van der Waals surface area contributed by atoms with E-state index in [0.29, 0.717) is 24.4 Å². The van der Waals surface area contributed by atoms with Gasteiger partial charge in [0.2, 0.25) is 10.0 Å². The van der Waals surface area contributed by atoms with E-state index in [-0.39, 0.29) is 18.0 Å². The first-order valence-electron chi connectivity index (χ1n) is 5.65. The lowest BCUT2D eigenvalue weighted by atomic mass is 10.1. The highest BCUT2D eigenvalue weighted by Crippen LogP contribution is 2.20. The Hall–Kier alpha value is -0.960. The van der Waals surface area contributed by atoms with E-state index in [0.717, 1.165) is 0 Å². The van der Waals surface area contributed by atoms with Crippen LogP contribution in [0.25, 0.3) is 0 Å². The number of hydrogen-bond acceptors (Lipinski definition) is 5. The monoisotopic (exact) mass is 275 g/mol. The third-order valence-electron chi connectivity index (χ3n) is 3.00. The van der Waals surface area contributed by atoms with Crippen LogP contribution in [0.5, 0.6) is 0 Å². The minimum absolute atomic E-state index is 0.0562. The minimum atomic E-state index is -3.66. The molecule has 1 atom stereocenters. The number of aromatic amines is 1. The summed E-state index contributed by atoms with van der Waals surface area (Å²) in [6.07, 6.45) is 0.429. The van der Waals surface area contributed by atoms with Crippen LogP contribution in [0.15, 0.2) is 4.90 Å². The molecule has 0 bridgehead atoms. The first-order chi connectivity index (χ1) is 8.34. The Balaban J connectivity index is 2.13.